The average molecular weight is 228 g/mol. The van der Waals surface area contributed by atoms with Gasteiger partial charge in [-0.25, -0.2) is 4.98 Å². The summed E-state index contributed by atoms with van der Waals surface area (Å²) in [5.41, 5.74) is 2.80. The van der Waals surface area contributed by atoms with Gasteiger partial charge in [0.15, 0.2) is 5.76 Å². The van der Waals surface area contributed by atoms with Crippen molar-refractivity contribution in [3.05, 3.63) is 48.2 Å². The first-order valence-corrected chi connectivity index (χ1v) is 5.71. The Kier molecular flexibility index (Phi) is 2.27. The fourth-order valence-corrected chi connectivity index (χ4v) is 2.00. The summed E-state index contributed by atoms with van der Waals surface area (Å²) >= 11 is 1.52. The molecule has 78 valence electrons. The van der Waals surface area contributed by atoms with Gasteiger partial charge in [-0.05, 0) is 0 Å². The number of aromatic nitrogens is 2. The van der Waals surface area contributed by atoms with Crippen LogP contribution in [0.5, 0.6) is 0 Å². The summed E-state index contributed by atoms with van der Waals surface area (Å²) in [6, 6.07) is 9.92. The van der Waals surface area contributed by atoms with Crippen molar-refractivity contribution in [3.8, 4) is 22.1 Å². The van der Waals surface area contributed by atoms with Crippen molar-refractivity contribution in [1.29, 1.82) is 0 Å². The van der Waals surface area contributed by atoms with Crippen molar-refractivity contribution in [2.45, 2.75) is 0 Å². The van der Waals surface area contributed by atoms with E-state index in [2.05, 4.69) is 9.97 Å². The van der Waals surface area contributed by atoms with E-state index in [0.29, 0.717) is 5.89 Å². The van der Waals surface area contributed by atoms with Crippen LogP contribution in [0.3, 0.4) is 0 Å². The Labute approximate surface area is 96.4 Å². The minimum absolute atomic E-state index is 0.626. The zero-order valence-electron chi connectivity index (χ0n) is 8.33. The van der Waals surface area contributed by atoms with Gasteiger partial charge in [-0.15, -0.1) is 11.3 Å². The second-order valence-corrected chi connectivity index (χ2v) is 4.15. The molecule has 0 radical (unpaired) electrons. The molecule has 0 aliphatic carbocycles. The standard InChI is InChI=1S/C12H8N2OS/c1-2-4-9(5-3-1)10-6-14-12(15-10)11-7-13-8-16-11/h1-8H. The van der Waals surface area contributed by atoms with Gasteiger partial charge in [0.1, 0.15) is 4.88 Å². The molecule has 0 bridgehead atoms. The highest BCUT2D eigenvalue weighted by molar-refractivity contribution is 7.13. The minimum atomic E-state index is 0.626. The van der Waals surface area contributed by atoms with Crippen molar-refractivity contribution in [3.63, 3.8) is 0 Å². The molecule has 4 heteroatoms. The Morgan fingerprint density at radius 1 is 1.06 bits per heavy atom. The molecule has 0 amide bonds. The first kappa shape index (κ1) is 9.30. The summed E-state index contributed by atoms with van der Waals surface area (Å²) in [6.45, 7) is 0. The molecular weight excluding hydrogens is 220 g/mol. The van der Waals surface area contributed by atoms with Crippen molar-refractivity contribution in [2.24, 2.45) is 0 Å². The number of rotatable bonds is 2. The summed E-state index contributed by atoms with van der Waals surface area (Å²) < 4.78 is 5.67. The van der Waals surface area contributed by atoms with Crippen LogP contribution in [0.1, 0.15) is 0 Å². The van der Waals surface area contributed by atoms with Crippen molar-refractivity contribution >= 4 is 11.3 Å². The van der Waals surface area contributed by atoms with E-state index in [1.807, 2.05) is 30.3 Å². The Balaban J connectivity index is 2.00. The van der Waals surface area contributed by atoms with Gasteiger partial charge in [0.2, 0.25) is 5.89 Å². The molecule has 3 nitrogen and oxygen atoms in total. The van der Waals surface area contributed by atoms with E-state index >= 15 is 0 Å². The van der Waals surface area contributed by atoms with E-state index in [0.717, 1.165) is 16.2 Å². The summed E-state index contributed by atoms with van der Waals surface area (Å²) in [5.74, 6) is 1.41. The molecule has 0 fully saturated rings. The molecule has 2 heterocycles. The average Bonchev–Trinajstić information content (AvgIpc) is 3.01. The summed E-state index contributed by atoms with van der Waals surface area (Å²) in [6.07, 6.45) is 3.50. The predicted molar refractivity (Wildman–Crippen MR) is 63.0 cm³/mol. The number of hydrogen-bond donors (Lipinski definition) is 0. The largest absolute Gasteiger partial charge is 0.435 e. The van der Waals surface area contributed by atoms with E-state index in [9.17, 15) is 0 Å². The Bertz CT molecular complexity index is 572. The molecule has 2 aromatic heterocycles. The molecule has 1 aromatic carbocycles. The first-order chi connectivity index (χ1) is 7.93. The van der Waals surface area contributed by atoms with Gasteiger partial charge in [0, 0.05) is 5.56 Å². The van der Waals surface area contributed by atoms with E-state index in [1.54, 1.807) is 17.9 Å². The molecular formula is C12H8N2OS. The Hall–Kier alpha value is -1.94. The fourth-order valence-electron chi connectivity index (χ4n) is 1.45. The zero-order chi connectivity index (χ0) is 10.8. The number of nitrogens with zero attached hydrogens (tertiary/aromatic N) is 2. The van der Waals surface area contributed by atoms with Crippen LogP contribution >= 0.6 is 11.3 Å². The number of benzene rings is 1. The fraction of sp³-hybridized carbons (Fsp3) is 0. The van der Waals surface area contributed by atoms with Gasteiger partial charge in [0.05, 0.1) is 17.9 Å². The molecule has 0 saturated carbocycles. The molecule has 3 aromatic rings. The van der Waals surface area contributed by atoms with E-state index in [4.69, 9.17) is 4.42 Å². The molecule has 0 spiro atoms. The van der Waals surface area contributed by atoms with Crippen molar-refractivity contribution in [2.75, 3.05) is 0 Å². The smallest absolute Gasteiger partial charge is 0.238 e. The van der Waals surface area contributed by atoms with Gasteiger partial charge in [-0.3, -0.25) is 4.98 Å². The topological polar surface area (TPSA) is 38.9 Å². The van der Waals surface area contributed by atoms with E-state index in [1.165, 1.54) is 11.3 Å². The molecule has 3 rings (SSSR count). The number of thiazole rings is 1. The van der Waals surface area contributed by atoms with Gasteiger partial charge in [-0.1, -0.05) is 30.3 Å². The van der Waals surface area contributed by atoms with Crippen LogP contribution in [0.15, 0.2) is 52.7 Å². The number of oxazole rings is 1. The summed E-state index contributed by atoms with van der Waals surface area (Å²) in [5, 5.41) is 0. The van der Waals surface area contributed by atoms with Gasteiger partial charge in [-0.2, -0.15) is 0 Å². The lowest BCUT2D eigenvalue weighted by atomic mass is 10.2. The highest BCUT2D eigenvalue weighted by Gasteiger charge is 2.08. The molecule has 16 heavy (non-hydrogen) atoms. The molecule has 0 unspecified atom stereocenters. The maximum absolute atomic E-state index is 5.67. The second kappa shape index (κ2) is 3.90. The van der Waals surface area contributed by atoms with Crippen LogP contribution in [0.25, 0.3) is 22.1 Å². The highest BCUT2D eigenvalue weighted by Crippen LogP contribution is 2.27. The maximum Gasteiger partial charge on any atom is 0.238 e. The van der Waals surface area contributed by atoms with Crippen LogP contribution in [0.2, 0.25) is 0 Å². The lowest BCUT2D eigenvalue weighted by Crippen LogP contribution is -1.70. The third kappa shape index (κ3) is 1.63. The van der Waals surface area contributed by atoms with E-state index < -0.39 is 0 Å². The third-order valence-electron chi connectivity index (χ3n) is 2.21. The Morgan fingerprint density at radius 3 is 2.69 bits per heavy atom. The van der Waals surface area contributed by atoms with Crippen LogP contribution in [-0.4, -0.2) is 9.97 Å². The van der Waals surface area contributed by atoms with Crippen LogP contribution in [0, 0.1) is 0 Å². The first-order valence-electron chi connectivity index (χ1n) is 4.83. The van der Waals surface area contributed by atoms with Crippen molar-refractivity contribution < 1.29 is 4.42 Å². The normalized spacial score (nSPS) is 10.5. The maximum atomic E-state index is 5.67. The second-order valence-electron chi connectivity index (χ2n) is 3.26. The lowest BCUT2D eigenvalue weighted by molar-refractivity contribution is 0.590. The van der Waals surface area contributed by atoms with Gasteiger partial charge < -0.3 is 4.42 Å². The predicted octanol–water partition coefficient (Wildman–Crippen LogP) is 3.47. The van der Waals surface area contributed by atoms with Crippen LogP contribution in [-0.2, 0) is 0 Å². The monoisotopic (exact) mass is 228 g/mol. The Morgan fingerprint density at radius 2 is 1.94 bits per heavy atom. The molecule has 0 N–H and O–H groups in total. The third-order valence-corrected chi connectivity index (χ3v) is 2.97. The highest BCUT2D eigenvalue weighted by atomic mass is 32.1. The van der Waals surface area contributed by atoms with Crippen LogP contribution < -0.4 is 0 Å². The zero-order valence-corrected chi connectivity index (χ0v) is 9.15. The quantitative estimate of drug-likeness (QED) is 0.674. The minimum Gasteiger partial charge on any atom is -0.435 e. The SMILES string of the molecule is c1ccc(-c2cnc(-c3cncs3)o2)cc1. The summed E-state index contributed by atoms with van der Waals surface area (Å²) in [4.78, 5) is 9.18. The van der Waals surface area contributed by atoms with Gasteiger partial charge >= 0.3 is 0 Å². The summed E-state index contributed by atoms with van der Waals surface area (Å²) in [7, 11) is 0. The lowest BCUT2D eigenvalue weighted by Gasteiger charge is -1.93. The van der Waals surface area contributed by atoms with Gasteiger partial charge in [0.25, 0.3) is 0 Å². The molecule has 0 atom stereocenters. The van der Waals surface area contributed by atoms with Crippen molar-refractivity contribution in [1.82, 2.24) is 9.97 Å². The molecule has 0 saturated heterocycles. The molecule has 0 aliphatic rings. The molecule has 0 aliphatic heterocycles. The number of hydrogen-bond acceptors (Lipinski definition) is 4. The van der Waals surface area contributed by atoms with Crippen LogP contribution in [0.4, 0.5) is 0 Å². The van der Waals surface area contributed by atoms with E-state index in [-0.39, 0.29) is 0 Å².